The van der Waals surface area contributed by atoms with Gasteiger partial charge < -0.3 is 52.1 Å². The number of rotatable bonds is 10. The lowest BCUT2D eigenvalue weighted by Crippen LogP contribution is -2.63. The highest BCUT2D eigenvalue weighted by atomic mass is 16.7. The highest BCUT2D eigenvalue weighted by Crippen LogP contribution is 2.52. The van der Waals surface area contributed by atoms with Crippen molar-refractivity contribution in [3.8, 4) is 46.0 Å². The molecule has 1 fully saturated rings. The molecule has 0 amide bonds. The molecule has 5 aliphatic rings. The van der Waals surface area contributed by atoms with Gasteiger partial charge in [-0.05, 0) is 110 Å². The van der Waals surface area contributed by atoms with E-state index >= 15 is 0 Å². The topological polar surface area (TPSA) is 176 Å². The molecule has 7 atom stereocenters. The average molecular weight is 939 g/mol. The van der Waals surface area contributed by atoms with Crippen molar-refractivity contribution in [3.63, 3.8) is 0 Å². The van der Waals surface area contributed by atoms with Gasteiger partial charge in [0.25, 0.3) is 0 Å². The summed E-state index contributed by atoms with van der Waals surface area (Å²) < 4.78 is 67.1. The van der Waals surface area contributed by atoms with E-state index in [1.165, 1.54) is 19.4 Å². The standard InChI is InChI=1S/C51H58N2O15/c1-27(54)61-26-44-47(62-28(2)55)49(63-29(3)56)50(64-30(4)57)51(68-44)67-39-15-12-32-21-38-45-34(17-19-53(38)6)24-43(59-8)46(60-9)48(45)66-42-25-36-33(23-40(42)58-7)16-18-52(5)37(36)20-31-10-13-35(14-11-31)65-41(39)22-32/h10-15,22-25,37-38,44,47,49-51H,16-21,26H2,1-9H3/t37-,38+,44+,47+,49-,50+,51+/m0/s1. The minimum absolute atomic E-state index is 0.0101. The van der Waals surface area contributed by atoms with Crippen molar-refractivity contribution in [1.82, 2.24) is 9.80 Å². The second-order valence-electron chi connectivity index (χ2n) is 17.4. The first kappa shape index (κ1) is 47.9. The number of benzene rings is 4. The predicted octanol–water partition coefficient (Wildman–Crippen LogP) is 6.62. The molecule has 17 heteroatoms. The number of likely N-dealkylation sites (N-methyl/N-ethyl adjacent to an activating group) is 2. The number of hydrogen-bond donors (Lipinski definition) is 0. The zero-order valence-electron chi connectivity index (χ0n) is 39.8. The smallest absolute Gasteiger partial charge is 0.303 e. The van der Waals surface area contributed by atoms with Crippen LogP contribution in [0.1, 0.15) is 73.2 Å². The van der Waals surface area contributed by atoms with Crippen molar-refractivity contribution in [3.05, 3.63) is 94.0 Å². The van der Waals surface area contributed by atoms with Crippen molar-refractivity contribution in [1.29, 1.82) is 0 Å². The summed E-state index contributed by atoms with van der Waals surface area (Å²) >= 11 is 0. The van der Waals surface area contributed by atoms with Crippen molar-refractivity contribution < 1.29 is 71.3 Å². The van der Waals surface area contributed by atoms with Crippen LogP contribution in [0.3, 0.4) is 0 Å². The Morgan fingerprint density at radius 2 is 1.22 bits per heavy atom. The van der Waals surface area contributed by atoms with Crippen LogP contribution in [0.4, 0.5) is 0 Å². The van der Waals surface area contributed by atoms with Crippen molar-refractivity contribution in [2.45, 2.75) is 96.2 Å². The SMILES string of the molecule is COc1cc2c3cc1Oc1c(OC)c(OC)cc4c1[C@@H](Cc1ccc(O[C@@H]5O[C@H](COC(C)=O)[C@@H](OC(C)=O)[C@H](OC(C)=O)[C@H]5OC(C)=O)c(c1)Oc1ccc(cc1)C[C@@H]3N(C)CC2)N(C)CC4. The van der Waals surface area contributed by atoms with Gasteiger partial charge in [0.05, 0.1) is 21.3 Å². The van der Waals surface area contributed by atoms with E-state index in [1.54, 1.807) is 27.4 Å². The van der Waals surface area contributed by atoms with Crippen LogP contribution in [-0.2, 0) is 68.5 Å². The Labute approximate surface area is 395 Å². The normalized spacial score (nSPS) is 23.2. The van der Waals surface area contributed by atoms with Gasteiger partial charge in [0.15, 0.2) is 46.7 Å². The van der Waals surface area contributed by atoms with E-state index in [0.29, 0.717) is 47.3 Å². The first-order chi connectivity index (χ1) is 32.6. The van der Waals surface area contributed by atoms with E-state index in [4.69, 9.17) is 52.1 Å². The van der Waals surface area contributed by atoms with Gasteiger partial charge in [-0.3, -0.25) is 29.0 Å². The van der Waals surface area contributed by atoms with E-state index in [1.807, 2.05) is 42.5 Å². The van der Waals surface area contributed by atoms with Crippen molar-refractivity contribution in [2.75, 3.05) is 55.1 Å². The maximum Gasteiger partial charge on any atom is 0.303 e. The van der Waals surface area contributed by atoms with Gasteiger partial charge in [-0.1, -0.05) is 18.2 Å². The van der Waals surface area contributed by atoms with Crippen molar-refractivity contribution >= 4 is 23.9 Å². The fourth-order valence-electron chi connectivity index (χ4n) is 9.61. The van der Waals surface area contributed by atoms with Gasteiger partial charge in [0.1, 0.15) is 18.5 Å². The summed E-state index contributed by atoms with van der Waals surface area (Å²) in [5.41, 5.74) is 6.23. The molecule has 4 aromatic carbocycles. The molecule has 1 saturated heterocycles. The number of carbonyl (C=O) groups is 4. The average Bonchev–Trinajstić information content (AvgIpc) is 3.29. The summed E-state index contributed by atoms with van der Waals surface area (Å²) in [6.07, 6.45) is -4.25. The largest absolute Gasteiger partial charge is 0.493 e. The van der Waals surface area contributed by atoms with Gasteiger partial charge in [-0.2, -0.15) is 0 Å². The molecular formula is C51H58N2O15. The molecule has 0 N–H and O–H groups in total. The fourth-order valence-corrected chi connectivity index (χ4v) is 9.61. The molecule has 17 nitrogen and oxygen atoms in total. The minimum Gasteiger partial charge on any atom is -0.493 e. The number of fused-ring (bicyclic) bond motifs is 2. The lowest BCUT2D eigenvalue weighted by Gasteiger charge is -2.44. The minimum atomic E-state index is -1.50. The van der Waals surface area contributed by atoms with Crippen LogP contribution in [0.25, 0.3) is 0 Å². The molecular weight excluding hydrogens is 881 g/mol. The molecule has 4 aromatic rings. The van der Waals surface area contributed by atoms with E-state index in [0.717, 1.165) is 67.6 Å². The quantitative estimate of drug-likeness (QED) is 0.122. The van der Waals surface area contributed by atoms with Crippen LogP contribution in [-0.4, -0.2) is 120 Å². The third-order valence-corrected chi connectivity index (χ3v) is 12.8. The fraction of sp³-hybridized carbons (Fsp3) is 0.451. The zero-order chi connectivity index (χ0) is 48.4. The lowest BCUT2D eigenvalue weighted by molar-refractivity contribution is -0.288. The molecule has 0 unspecified atom stereocenters. The van der Waals surface area contributed by atoms with Crippen LogP contribution in [0, 0.1) is 0 Å². The summed E-state index contributed by atoms with van der Waals surface area (Å²) in [4.78, 5) is 54.3. The Hall–Kier alpha value is -6.56. The van der Waals surface area contributed by atoms with Crippen molar-refractivity contribution in [2.24, 2.45) is 0 Å². The van der Waals surface area contributed by atoms with E-state index in [-0.39, 0.29) is 23.6 Å². The number of carbonyl (C=O) groups excluding carboxylic acids is 4. The molecule has 0 aliphatic carbocycles. The van der Waals surface area contributed by atoms with E-state index in [9.17, 15) is 19.2 Å². The molecule has 5 heterocycles. The Morgan fingerprint density at radius 3 is 1.88 bits per heavy atom. The molecule has 5 aliphatic heterocycles. The van der Waals surface area contributed by atoms with Gasteiger partial charge >= 0.3 is 23.9 Å². The highest BCUT2D eigenvalue weighted by Gasteiger charge is 2.53. The molecule has 68 heavy (non-hydrogen) atoms. The Balaban J connectivity index is 1.26. The molecule has 6 bridgehead atoms. The van der Waals surface area contributed by atoms with Crippen LogP contribution in [0.15, 0.2) is 60.7 Å². The van der Waals surface area contributed by atoms with Crippen LogP contribution in [0.2, 0.25) is 0 Å². The Morgan fingerprint density at radius 1 is 0.618 bits per heavy atom. The second-order valence-corrected chi connectivity index (χ2v) is 17.4. The Kier molecular flexibility index (Phi) is 14.3. The monoisotopic (exact) mass is 938 g/mol. The van der Waals surface area contributed by atoms with Crippen LogP contribution >= 0.6 is 0 Å². The highest BCUT2D eigenvalue weighted by molar-refractivity contribution is 5.69. The molecule has 9 rings (SSSR count). The summed E-state index contributed by atoms with van der Waals surface area (Å²) in [6, 6.07) is 19.3. The number of nitrogens with zero attached hydrogens (tertiary/aromatic N) is 2. The van der Waals surface area contributed by atoms with Crippen LogP contribution in [0.5, 0.6) is 46.0 Å². The molecule has 362 valence electrons. The first-order valence-corrected chi connectivity index (χ1v) is 22.6. The van der Waals surface area contributed by atoms with Crippen LogP contribution < -0.4 is 28.4 Å². The van der Waals surface area contributed by atoms with Gasteiger partial charge in [0.2, 0.25) is 18.1 Å². The third-order valence-electron chi connectivity index (χ3n) is 12.8. The maximum atomic E-state index is 12.7. The summed E-state index contributed by atoms with van der Waals surface area (Å²) in [5, 5.41) is 0. The van der Waals surface area contributed by atoms with E-state index in [2.05, 4.69) is 36.0 Å². The third kappa shape index (κ3) is 10.1. The molecule has 0 aromatic heterocycles. The maximum absolute atomic E-state index is 12.7. The van der Waals surface area contributed by atoms with Gasteiger partial charge in [-0.15, -0.1) is 0 Å². The molecule has 0 radical (unpaired) electrons. The number of methoxy groups -OCH3 is 3. The molecule has 0 spiro atoms. The summed E-state index contributed by atoms with van der Waals surface area (Å²) in [5.74, 6) is 0.741. The van der Waals surface area contributed by atoms with Gasteiger partial charge in [0, 0.05) is 58.4 Å². The summed E-state index contributed by atoms with van der Waals surface area (Å²) in [6.45, 7) is 5.87. The second kappa shape index (κ2) is 20.3. The van der Waals surface area contributed by atoms with Gasteiger partial charge in [-0.25, -0.2) is 0 Å². The number of hydrogen-bond acceptors (Lipinski definition) is 17. The van der Waals surface area contributed by atoms with E-state index < -0.39 is 61.2 Å². The Bertz CT molecular complexity index is 2550. The predicted molar refractivity (Wildman–Crippen MR) is 244 cm³/mol. The number of ether oxygens (including phenoxy) is 11. The number of esters is 4. The summed E-state index contributed by atoms with van der Waals surface area (Å²) in [7, 11) is 9.07. The molecule has 0 saturated carbocycles. The zero-order valence-corrected chi connectivity index (χ0v) is 39.8. The lowest BCUT2D eigenvalue weighted by atomic mass is 9.87. The first-order valence-electron chi connectivity index (χ1n) is 22.6.